The van der Waals surface area contributed by atoms with Gasteiger partial charge in [0.2, 0.25) is 0 Å². The lowest BCUT2D eigenvalue weighted by atomic mass is 9.95. The highest BCUT2D eigenvalue weighted by molar-refractivity contribution is 5.98. The van der Waals surface area contributed by atoms with Crippen LogP contribution in [0.5, 0.6) is 0 Å². The van der Waals surface area contributed by atoms with Crippen molar-refractivity contribution in [1.29, 1.82) is 0 Å². The highest BCUT2D eigenvalue weighted by atomic mass is 16.6. The van der Waals surface area contributed by atoms with Gasteiger partial charge in [0.1, 0.15) is 0 Å². The summed E-state index contributed by atoms with van der Waals surface area (Å²) < 4.78 is 2.05. The quantitative estimate of drug-likeness (QED) is 0.640. The van der Waals surface area contributed by atoms with E-state index in [4.69, 9.17) is 0 Å². The van der Waals surface area contributed by atoms with Crippen LogP contribution in [-0.4, -0.2) is 15.3 Å². The lowest BCUT2D eigenvalue weighted by molar-refractivity contribution is -0.384. The van der Waals surface area contributed by atoms with Crippen molar-refractivity contribution in [3.63, 3.8) is 0 Å². The Morgan fingerprint density at radius 1 is 1.14 bits per heavy atom. The number of hydrogen-bond acceptors (Lipinski definition) is 3. The average molecular weight is 284 g/mol. The summed E-state index contributed by atoms with van der Waals surface area (Å²) in [4.78, 5) is 22.0. The molecule has 0 atom stereocenters. The topological polar surface area (TPSA) is 65.1 Å². The van der Waals surface area contributed by atoms with E-state index in [0.717, 1.165) is 42.5 Å². The fourth-order valence-electron chi connectivity index (χ4n) is 2.75. The van der Waals surface area contributed by atoms with Gasteiger partial charge in [0.15, 0.2) is 5.78 Å². The molecule has 5 nitrogen and oxygen atoms in total. The third-order valence-electron chi connectivity index (χ3n) is 3.92. The molecule has 0 spiro atoms. The normalized spacial score (nSPS) is 14.0. The molecule has 0 amide bonds. The van der Waals surface area contributed by atoms with Gasteiger partial charge in [-0.3, -0.25) is 14.9 Å². The predicted octanol–water partition coefficient (Wildman–Crippen LogP) is 3.16. The van der Waals surface area contributed by atoms with Gasteiger partial charge >= 0.3 is 0 Å². The Labute approximate surface area is 122 Å². The van der Waals surface area contributed by atoms with E-state index in [-0.39, 0.29) is 11.5 Å². The predicted molar refractivity (Wildman–Crippen MR) is 78.5 cm³/mol. The summed E-state index contributed by atoms with van der Waals surface area (Å²) in [5.74, 6) is 0.241. The number of Topliss-reactive ketones (excluding diaryl/α,β-unsaturated/α-hetero) is 1. The maximum atomic E-state index is 11.8. The van der Waals surface area contributed by atoms with Crippen LogP contribution in [0, 0.1) is 10.1 Å². The van der Waals surface area contributed by atoms with Crippen molar-refractivity contribution in [1.82, 2.24) is 4.57 Å². The smallest absolute Gasteiger partial charge is 0.269 e. The standard InChI is InChI=1S/C16H16N2O3/c19-16-3-1-2-13-10-17(11-15(13)16)9-8-12-4-6-14(7-5-12)18(20)21/h4-7,10-11H,1-3,8-9H2. The third kappa shape index (κ3) is 2.86. The first-order chi connectivity index (χ1) is 10.1. The van der Waals surface area contributed by atoms with Crippen molar-refractivity contribution < 1.29 is 9.72 Å². The zero-order valence-corrected chi connectivity index (χ0v) is 11.6. The zero-order valence-electron chi connectivity index (χ0n) is 11.6. The fraction of sp³-hybridized carbons (Fsp3) is 0.312. The van der Waals surface area contributed by atoms with E-state index in [1.54, 1.807) is 12.1 Å². The summed E-state index contributed by atoms with van der Waals surface area (Å²) in [5, 5.41) is 10.6. The van der Waals surface area contributed by atoms with Crippen LogP contribution in [-0.2, 0) is 19.4 Å². The maximum Gasteiger partial charge on any atom is 0.269 e. The first-order valence-corrected chi connectivity index (χ1v) is 7.08. The molecule has 108 valence electrons. The molecule has 0 aliphatic heterocycles. The average Bonchev–Trinajstić information content (AvgIpc) is 2.90. The summed E-state index contributed by atoms with van der Waals surface area (Å²) in [5.41, 5.74) is 3.18. The van der Waals surface area contributed by atoms with E-state index in [0.29, 0.717) is 6.42 Å². The molecule has 0 saturated heterocycles. The molecule has 0 N–H and O–H groups in total. The fourth-order valence-corrected chi connectivity index (χ4v) is 2.75. The first-order valence-electron chi connectivity index (χ1n) is 7.08. The minimum atomic E-state index is -0.393. The van der Waals surface area contributed by atoms with Gasteiger partial charge in [-0.05, 0) is 30.4 Å². The lowest BCUT2D eigenvalue weighted by Crippen LogP contribution is -2.07. The van der Waals surface area contributed by atoms with Gasteiger partial charge < -0.3 is 4.57 Å². The maximum absolute atomic E-state index is 11.8. The molecule has 1 aromatic heterocycles. The highest BCUT2D eigenvalue weighted by Crippen LogP contribution is 2.22. The van der Waals surface area contributed by atoms with Gasteiger partial charge in [-0.25, -0.2) is 0 Å². The molecule has 5 heteroatoms. The van der Waals surface area contributed by atoms with Crippen molar-refractivity contribution in [3.8, 4) is 0 Å². The van der Waals surface area contributed by atoms with Gasteiger partial charge in [-0.1, -0.05) is 12.1 Å². The van der Waals surface area contributed by atoms with E-state index in [1.165, 1.54) is 12.1 Å². The third-order valence-corrected chi connectivity index (χ3v) is 3.92. The SMILES string of the molecule is O=C1CCCc2cn(CCc3ccc([N+](=O)[O-])cc3)cc21. The number of nitrogens with zero attached hydrogens (tertiary/aromatic N) is 2. The number of carbonyl (C=O) groups excluding carboxylic acids is 1. The molecule has 0 bridgehead atoms. The van der Waals surface area contributed by atoms with E-state index in [1.807, 2.05) is 6.20 Å². The molecular weight excluding hydrogens is 268 g/mol. The number of aromatic nitrogens is 1. The van der Waals surface area contributed by atoms with E-state index < -0.39 is 4.92 Å². The molecule has 1 aliphatic rings. The van der Waals surface area contributed by atoms with E-state index in [2.05, 4.69) is 10.8 Å². The molecule has 0 saturated carbocycles. The Hall–Kier alpha value is -2.43. The van der Waals surface area contributed by atoms with Crippen molar-refractivity contribution in [2.45, 2.75) is 32.2 Å². The number of non-ortho nitro benzene ring substituents is 1. The Morgan fingerprint density at radius 2 is 1.90 bits per heavy atom. The first kappa shape index (κ1) is 13.5. The summed E-state index contributed by atoms with van der Waals surface area (Å²) in [6.45, 7) is 0.776. The van der Waals surface area contributed by atoms with Crippen molar-refractivity contribution in [2.75, 3.05) is 0 Å². The van der Waals surface area contributed by atoms with E-state index >= 15 is 0 Å². The van der Waals surface area contributed by atoms with Crippen LogP contribution in [0.15, 0.2) is 36.7 Å². The summed E-state index contributed by atoms with van der Waals surface area (Å²) in [7, 11) is 0. The number of nitro groups is 1. The minimum absolute atomic E-state index is 0.112. The van der Waals surface area contributed by atoms with Crippen LogP contribution >= 0.6 is 0 Å². The molecule has 1 aliphatic carbocycles. The molecule has 0 unspecified atom stereocenters. The van der Waals surface area contributed by atoms with Crippen LogP contribution < -0.4 is 0 Å². The second-order valence-electron chi connectivity index (χ2n) is 5.39. The van der Waals surface area contributed by atoms with Gasteiger partial charge in [0.05, 0.1) is 4.92 Å². The molecule has 1 heterocycles. The zero-order chi connectivity index (χ0) is 14.8. The number of rotatable bonds is 4. The Balaban J connectivity index is 1.67. The monoisotopic (exact) mass is 284 g/mol. The Kier molecular flexibility index (Phi) is 3.56. The Bertz CT molecular complexity index is 686. The van der Waals surface area contributed by atoms with Gasteiger partial charge in [0.25, 0.3) is 5.69 Å². The molecule has 21 heavy (non-hydrogen) atoms. The summed E-state index contributed by atoms with van der Waals surface area (Å²) >= 11 is 0. The number of carbonyl (C=O) groups is 1. The van der Waals surface area contributed by atoms with Gasteiger partial charge in [-0.2, -0.15) is 0 Å². The largest absolute Gasteiger partial charge is 0.353 e. The number of aryl methyl sites for hydroxylation is 3. The van der Waals surface area contributed by atoms with Crippen LogP contribution in [0.3, 0.4) is 0 Å². The number of hydrogen-bond donors (Lipinski definition) is 0. The van der Waals surface area contributed by atoms with Gasteiger partial charge in [-0.15, -0.1) is 0 Å². The van der Waals surface area contributed by atoms with Gasteiger partial charge in [0, 0.05) is 43.1 Å². The van der Waals surface area contributed by atoms with Crippen molar-refractivity contribution >= 4 is 11.5 Å². The number of ketones is 1. The van der Waals surface area contributed by atoms with Crippen LogP contribution in [0.2, 0.25) is 0 Å². The number of fused-ring (bicyclic) bond motifs is 1. The number of benzene rings is 1. The second-order valence-corrected chi connectivity index (χ2v) is 5.39. The van der Waals surface area contributed by atoms with E-state index in [9.17, 15) is 14.9 Å². The number of nitro benzene ring substituents is 1. The van der Waals surface area contributed by atoms with Crippen molar-refractivity contribution in [2.24, 2.45) is 0 Å². The lowest BCUT2D eigenvalue weighted by Gasteiger charge is -2.07. The van der Waals surface area contributed by atoms with Crippen LogP contribution in [0.25, 0.3) is 0 Å². The van der Waals surface area contributed by atoms with Crippen molar-refractivity contribution in [3.05, 3.63) is 63.5 Å². The molecule has 0 radical (unpaired) electrons. The summed E-state index contributed by atoms with van der Waals surface area (Å²) in [6, 6.07) is 6.62. The summed E-state index contributed by atoms with van der Waals surface area (Å²) in [6.07, 6.45) is 7.35. The molecule has 2 aromatic rings. The van der Waals surface area contributed by atoms with Crippen LogP contribution in [0.4, 0.5) is 5.69 Å². The molecule has 3 rings (SSSR count). The highest BCUT2D eigenvalue weighted by Gasteiger charge is 2.18. The van der Waals surface area contributed by atoms with Crippen LogP contribution in [0.1, 0.15) is 34.3 Å². The molecule has 1 aromatic carbocycles. The second kappa shape index (κ2) is 5.52. The minimum Gasteiger partial charge on any atom is -0.353 e. The molecule has 0 fully saturated rings. The Morgan fingerprint density at radius 3 is 2.57 bits per heavy atom. The molecular formula is C16H16N2O3.